The largest absolute Gasteiger partial charge is 0.372 e. The molecule has 1 aromatic carbocycles. The predicted octanol–water partition coefficient (Wildman–Crippen LogP) is 2.91. The van der Waals surface area contributed by atoms with Crippen LogP contribution < -0.4 is 4.90 Å². The van der Waals surface area contributed by atoms with Crippen LogP contribution in [0.25, 0.3) is 0 Å². The quantitative estimate of drug-likeness (QED) is 0.682. The van der Waals surface area contributed by atoms with E-state index in [2.05, 4.69) is 49.9 Å². The second kappa shape index (κ2) is 4.90. The molecule has 0 saturated carbocycles. The molecule has 0 amide bonds. The molecule has 0 spiro atoms. The maximum absolute atomic E-state index is 3.86. The summed E-state index contributed by atoms with van der Waals surface area (Å²) < 4.78 is 0. The van der Waals surface area contributed by atoms with Gasteiger partial charge >= 0.3 is 0 Å². The van der Waals surface area contributed by atoms with Crippen molar-refractivity contribution < 1.29 is 0 Å². The van der Waals surface area contributed by atoms with E-state index >= 15 is 0 Å². The SMILES string of the molecule is [CH2]Cc1ccc(N(CC)CC)cc1. The van der Waals surface area contributed by atoms with Crippen LogP contribution in [0.1, 0.15) is 19.4 Å². The Morgan fingerprint density at radius 3 is 2.00 bits per heavy atom. The smallest absolute Gasteiger partial charge is 0.0366 e. The standard InChI is InChI=1S/C12H18N/c1-4-11-7-9-12(10-8-11)13(5-2)6-3/h7-10H,1,4-6H2,2-3H3. The summed E-state index contributed by atoms with van der Waals surface area (Å²) in [7, 11) is 0. The van der Waals surface area contributed by atoms with Crippen molar-refractivity contribution >= 4 is 5.69 Å². The van der Waals surface area contributed by atoms with Gasteiger partial charge in [0.25, 0.3) is 0 Å². The van der Waals surface area contributed by atoms with Crippen LogP contribution in [0.5, 0.6) is 0 Å². The lowest BCUT2D eigenvalue weighted by Crippen LogP contribution is -2.21. The van der Waals surface area contributed by atoms with Gasteiger partial charge < -0.3 is 4.90 Å². The zero-order chi connectivity index (χ0) is 9.68. The Hall–Kier alpha value is -0.980. The van der Waals surface area contributed by atoms with E-state index in [9.17, 15) is 0 Å². The van der Waals surface area contributed by atoms with Crippen molar-refractivity contribution in [1.29, 1.82) is 0 Å². The topological polar surface area (TPSA) is 3.24 Å². The molecule has 0 aliphatic carbocycles. The molecule has 0 atom stereocenters. The van der Waals surface area contributed by atoms with Gasteiger partial charge in [-0.15, -0.1) is 0 Å². The zero-order valence-corrected chi connectivity index (χ0v) is 8.59. The molecule has 1 heteroatoms. The Balaban J connectivity index is 2.78. The Labute approximate surface area is 81.4 Å². The van der Waals surface area contributed by atoms with E-state index in [1.54, 1.807) is 0 Å². The Kier molecular flexibility index (Phi) is 3.81. The van der Waals surface area contributed by atoms with E-state index in [0.29, 0.717) is 0 Å². The molecule has 0 aliphatic heterocycles. The lowest BCUT2D eigenvalue weighted by Gasteiger charge is -2.20. The number of nitrogens with zero attached hydrogens (tertiary/aromatic N) is 1. The highest BCUT2D eigenvalue weighted by molar-refractivity contribution is 5.47. The van der Waals surface area contributed by atoms with Gasteiger partial charge in [-0.25, -0.2) is 0 Å². The predicted molar refractivity (Wildman–Crippen MR) is 59.1 cm³/mol. The van der Waals surface area contributed by atoms with Crippen LogP contribution >= 0.6 is 0 Å². The number of hydrogen-bond donors (Lipinski definition) is 0. The highest BCUT2D eigenvalue weighted by atomic mass is 15.1. The molecule has 13 heavy (non-hydrogen) atoms. The van der Waals surface area contributed by atoms with Crippen LogP contribution in [0.2, 0.25) is 0 Å². The summed E-state index contributed by atoms with van der Waals surface area (Å²) in [5.41, 5.74) is 2.61. The number of rotatable bonds is 4. The highest BCUT2D eigenvalue weighted by Gasteiger charge is 1.99. The molecule has 0 heterocycles. The molecule has 1 rings (SSSR count). The third kappa shape index (κ3) is 2.48. The fourth-order valence-electron chi connectivity index (χ4n) is 1.46. The second-order valence-electron chi connectivity index (χ2n) is 3.09. The molecule has 0 saturated heterocycles. The van der Waals surface area contributed by atoms with Gasteiger partial charge in [0.15, 0.2) is 0 Å². The third-order valence-corrected chi connectivity index (χ3v) is 2.35. The fourth-order valence-corrected chi connectivity index (χ4v) is 1.46. The fraction of sp³-hybridized carbons (Fsp3) is 0.417. The summed E-state index contributed by atoms with van der Waals surface area (Å²) in [6.07, 6.45) is 0.874. The van der Waals surface area contributed by atoms with E-state index in [4.69, 9.17) is 0 Å². The maximum atomic E-state index is 3.86. The van der Waals surface area contributed by atoms with Crippen molar-refractivity contribution in [2.24, 2.45) is 0 Å². The summed E-state index contributed by atoms with van der Waals surface area (Å²) in [5.74, 6) is 0. The Morgan fingerprint density at radius 2 is 1.62 bits per heavy atom. The normalized spacial score (nSPS) is 10.1. The van der Waals surface area contributed by atoms with Gasteiger partial charge in [-0.05, 0) is 44.9 Å². The van der Waals surface area contributed by atoms with E-state index in [1.807, 2.05) is 0 Å². The van der Waals surface area contributed by atoms with Gasteiger partial charge in [0, 0.05) is 18.8 Å². The molecule has 1 nitrogen and oxygen atoms in total. The maximum Gasteiger partial charge on any atom is 0.0366 e. The van der Waals surface area contributed by atoms with Crippen LogP contribution in [-0.2, 0) is 6.42 Å². The lowest BCUT2D eigenvalue weighted by molar-refractivity contribution is 0.866. The van der Waals surface area contributed by atoms with Crippen LogP contribution in [0.15, 0.2) is 24.3 Å². The molecular weight excluding hydrogens is 158 g/mol. The first-order valence-corrected chi connectivity index (χ1v) is 4.95. The summed E-state index contributed by atoms with van der Waals surface area (Å²) in [6.45, 7) is 10.4. The molecule has 0 aromatic heterocycles. The van der Waals surface area contributed by atoms with Crippen molar-refractivity contribution in [2.45, 2.75) is 20.3 Å². The van der Waals surface area contributed by atoms with E-state index in [-0.39, 0.29) is 0 Å². The first-order valence-electron chi connectivity index (χ1n) is 4.95. The molecule has 0 unspecified atom stereocenters. The molecule has 1 aromatic rings. The van der Waals surface area contributed by atoms with Crippen molar-refractivity contribution in [3.05, 3.63) is 36.8 Å². The minimum absolute atomic E-state index is 0.874. The monoisotopic (exact) mass is 176 g/mol. The Bertz CT molecular complexity index is 234. The average Bonchev–Trinajstić information content (AvgIpc) is 2.21. The summed E-state index contributed by atoms with van der Waals surface area (Å²) in [4.78, 5) is 2.34. The van der Waals surface area contributed by atoms with E-state index in [0.717, 1.165) is 19.5 Å². The molecule has 0 fully saturated rings. The number of anilines is 1. The molecule has 71 valence electrons. The Morgan fingerprint density at radius 1 is 1.08 bits per heavy atom. The summed E-state index contributed by atoms with van der Waals surface area (Å²) in [5, 5.41) is 0. The average molecular weight is 176 g/mol. The second-order valence-corrected chi connectivity index (χ2v) is 3.09. The minimum atomic E-state index is 0.874. The highest BCUT2D eigenvalue weighted by Crippen LogP contribution is 2.14. The first-order chi connectivity index (χ1) is 6.31. The van der Waals surface area contributed by atoms with Crippen molar-refractivity contribution in [3.8, 4) is 0 Å². The van der Waals surface area contributed by atoms with Crippen LogP contribution in [0, 0.1) is 6.92 Å². The zero-order valence-electron chi connectivity index (χ0n) is 8.59. The van der Waals surface area contributed by atoms with Crippen LogP contribution in [0.3, 0.4) is 0 Å². The minimum Gasteiger partial charge on any atom is -0.372 e. The molecule has 0 N–H and O–H groups in total. The molecule has 0 aliphatic rings. The number of benzene rings is 1. The van der Waals surface area contributed by atoms with Gasteiger partial charge in [-0.3, -0.25) is 0 Å². The van der Waals surface area contributed by atoms with Gasteiger partial charge in [0.1, 0.15) is 0 Å². The summed E-state index contributed by atoms with van der Waals surface area (Å²) >= 11 is 0. The van der Waals surface area contributed by atoms with Gasteiger partial charge in [-0.1, -0.05) is 12.1 Å². The van der Waals surface area contributed by atoms with Gasteiger partial charge in [-0.2, -0.15) is 0 Å². The van der Waals surface area contributed by atoms with Crippen molar-refractivity contribution in [1.82, 2.24) is 0 Å². The van der Waals surface area contributed by atoms with E-state index in [1.165, 1.54) is 11.3 Å². The van der Waals surface area contributed by atoms with E-state index < -0.39 is 0 Å². The first kappa shape index (κ1) is 10.1. The van der Waals surface area contributed by atoms with Crippen LogP contribution in [-0.4, -0.2) is 13.1 Å². The lowest BCUT2D eigenvalue weighted by atomic mass is 10.1. The molecule has 1 radical (unpaired) electrons. The van der Waals surface area contributed by atoms with Gasteiger partial charge in [0.05, 0.1) is 0 Å². The third-order valence-electron chi connectivity index (χ3n) is 2.35. The van der Waals surface area contributed by atoms with Gasteiger partial charge in [0.2, 0.25) is 0 Å². The molecular formula is C12H18N. The number of hydrogen-bond acceptors (Lipinski definition) is 1. The summed E-state index contributed by atoms with van der Waals surface area (Å²) in [6, 6.07) is 8.66. The van der Waals surface area contributed by atoms with Crippen LogP contribution in [0.4, 0.5) is 5.69 Å². The van der Waals surface area contributed by atoms with Crippen molar-refractivity contribution in [3.63, 3.8) is 0 Å². The van der Waals surface area contributed by atoms with Crippen molar-refractivity contribution in [2.75, 3.05) is 18.0 Å². The molecule has 0 bridgehead atoms.